The molecule has 1 amide bonds. The van der Waals surface area contributed by atoms with Gasteiger partial charge in [-0.2, -0.15) is 13.2 Å². The number of ether oxygens (including phenoxy) is 1. The molecular weight excluding hydrogens is 461 g/mol. The first-order valence-corrected chi connectivity index (χ1v) is 11.1. The number of allylic oxidation sites excluding steroid dienone is 1. The molecule has 0 spiro atoms. The Labute approximate surface area is 200 Å². The number of hydrogen-bond acceptors (Lipinski definition) is 6. The van der Waals surface area contributed by atoms with E-state index in [0.717, 1.165) is 30.9 Å². The number of benzene rings is 1. The number of hydrogen-bond donors (Lipinski definition) is 1. The number of pyridine rings is 1. The van der Waals surface area contributed by atoms with Gasteiger partial charge in [0, 0.05) is 31.0 Å². The van der Waals surface area contributed by atoms with E-state index in [-0.39, 0.29) is 17.0 Å². The summed E-state index contributed by atoms with van der Waals surface area (Å²) in [6.45, 7) is 7.35. The van der Waals surface area contributed by atoms with Crippen LogP contribution in [0.3, 0.4) is 0 Å². The lowest BCUT2D eigenvalue weighted by atomic mass is 10.2. The van der Waals surface area contributed by atoms with Crippen LogP contribution in [0.4, 0.5) is 13.2 Å². The van der Waals surface area contributed by atoms with Gasteiger partial charge in [0.05, 0.1) is 18.8 Å². The van der Waals surface area contributed by atoms with Crippen molar-refractivity contribution in [1.29, 1.82) is 0 Å². The largest absolute Gasteiger partial charge is 0.416 e. The fourth-order valence-corrected chi connectivity index (χ4v) is 3.71. The van der Waals surface area contributed by atoms with Crippen molar-refractivity contribution < 1.29 is 22.7 Å². The number of imidazole rings is 1. The molecule has 184 valence electrons. The molecule has 3 aromatic rings. The quantitative estimate of drug-likeness (QED) is 0.536. The third kappa shape index (κ3) is 5.92. The van der Waals surface area contributed by atoms with Crippen LogP contribution in [0.15, 0.2) is 59.6 Å². The van der Waals surface area contributed by atoms with Crippen molar-refractivity contribution in [2.45, 2.75) is 20.0 Å². The fraction of sp³-hybridized carbons (Fsp3) is 0.333. The number of alkyl halides is 3. The summed E-state index contributed by atoms with van der Waals surface area (Å²) in [4.78, 5) is 28.2. The molecule has 0 radical (unpaired) electrons. The molecular formula is C24H25F3N6O2. The van der Waals surface area contributed by atoms with Crippen molar-refractivity contribution in [1.82, 2.24) is 24.8 Å². The maximum absolute atomic E-state index is 13.2. The lowest BCUT2D eigenvalue weighted by Crippen LogP contribution is -2.39. The summed E-state index contributed by atoms with van der Waals surface area (Å²) in [5.74, 6) is -0.103. The molecule has 0 saturated carbocycles. The Morgan fingerprint density at radius 1 is 1.23 bits per heavy atom. The molecule has 0 unspecified atom stereocenters. The van der Waals surface area contributed by atoms with E-state index in [1.54, 1.807) is 19.1 Å². The van der Waals surface area contributed by atoms with Gasteiger partial charge in [-0.15, -0.1) is 0 Å². The molecule has 11 heteroatoms. The summed E-state index contributed by atoms with van der Waals surface area (Å²) in [7, 11) is 0. The van der Waals surface area contributed by atoms with Gasteiger partial charge in [-0.05, 0) is 50.3 Å². The van der Waals surface area contributed by atoms with Gasteiger partial charge in [-0.25, -0.2) is 15.0 Å². The summed E-state index contributed by atoms with van der Waals surface area (Å²) >= 11 is 0. The lowest BCUT2D eigenvalue weighted by molar-refractivity contribution is -0.137. The van der Waals surface area contributed by atoms with Crippen molar-refractivity contribution in [3.8, 4) is 5.69 Å². The Balaban J connectivity index is 1.54. The lowest BCUT2D eigenvalue weighted by Gasteiger charge is -2.26. The maximum Gasteiger partial charge on any atom is 0.416 e. The van der Waals surface area contributed by atoms with E-state index in [4.69, 9.17) is 4.74 Å². The van der Waals surface area contributed by atoms with E-state index >= 15 is 0 Å². The molecule has 1 saturated heterocycles. The van der Waals surface area contributed by atoms with Crippen LogP contribution in [-0.4, -0.2) is 63.9 Å². The Bertz CT molecular complexity index is 1280. The smallest absolute Gasteiger partial charge is 0.379 e. The summed E-state index contributed by atoms with van der Waals surface area (Å²) in [6.07, 6.45) is -1.41. The van der Waals surface area contributed by atoms with Gasteiger partial charge in [0.25, 0.3) is 5.91 Å². The highest BCUT2D eigenvalue weighted by Gasteiger charge is 2.30. The highest BCUT2D eigenvalue weighted by Crippen LogP contribution is 2.30. The molecule has 2 aromatic heterocycles. The second-order valence-corrected chi connectivity index (χ2v) is 8.07. The van der Waals surface area contributed by atoms with Crippen LogP contribution in [0, 0.1) is 0 Å². The van der Waals surface area contributed by atoms with Crippen LogP contribution < -0.4 is 5.32 Å². The highest BCUT2D eigenvalue weighted by molar-refractivity contribution is 5.95. The topological polar surface area (TPSA) is 84.6 Å². The molecule has 1 aromatic carbocycles. The van der Waals surface area contributed by atoms with Crippen LogP contribution >= 0.6 is 0 Å². The zero-order valence-electron chi connectivity index (χ0n) is 19.3. The van der Waals surface area contributed by atoms with Crippen molar-refractivity contribution >= 4 is 22.8 Å². The molecule has 4 rings (SSSR count). The summed E-state index contributed by atoms with van der Waals surface area (Å²) in [6, 6.07) is 7.96. The Morgan fingerprint density at radius 3 is 2.71 bits per heavy atom. The van der Waals surface area contributed by atoms with E-state index < -0.39 is 17.6 Å². The van der Waals surface area contributed by atoms with Crippen LogP contribution in [0.2, 0.25) is 0 Å². The summed E-state index contributed by atoms with van der Waals surface area (Å²) < 4.78 is 46.2. The standard InChI is InChI=1S/C24H25F3N6O2/c1-3-21(29-16(2)14-32-9-11-35-12-10-32)31-23(34)20-8-7-19-22(30-20)33(15-28-19)18-6-4-5-17(13-18)24(25,26)27/h3-8,13,15H,9-12,14H2,1-2H3,(H,31,34). The molecule has 8 nitrogen and oxygen atoms in total. The van der Waals surface area contributed by atoms with Crippen LogP contribution in [0.5, 0.6) is 0 Å². The monoisotopic (exact) mass is 486 g/mol. The van der Waals surface area contributed by atoms with Gasteiger partial charge in [0.1, 0.15) is 23.4 Å². The number of aliphatic imine (C=N–C) groups is 1. The van der Waals surface area contributed by atoms with Crippen molar-refractivity contribution in [3.63, 3.8) is 0 Å². The minimum atomic E-state index is -4.48. The van der Waals surface area contributed by atoms with Gasteiger partial charge in [0.15, 0.2) is 5.65 Å². The van der Waals surface area contributed by atoms with E-state index in [0.29, 0.717) is 31.1 Å². The molecule has 0 aliphatic carbocycles. The van der Waals surface area contributed by atoms with E-state index in [9.17, 15) is 18.0 Å². The Morgan fingerprint density at radius 2 is 2.00 bits per heavy atom. The molecule has 0 bridgehead atoms. The number of halogens is 3. The minimum absolute atomic E-state index is 0.0895. The zero-order valence-corrected chi connectivity index (χ0v) is 19.3. The molecule has 1 N–H and O–H groups in total. The molecule has 1 fully saturated rings. The van der Waals surface area contributed by atoms with E-state index in [1.165, 1.54) is 29.1 Å². The normalized spacial score (nSPS) is 16.0. The van der Waals surface area contributed by atoms with Crippen LogP contribution in [0.25, 0.3) is 16.9 Å². The Hall–Kier alpha value is -3.57. The minimum Gasteiger partial charge on any atom is -0.379 e. The molecule has 0 atom stereocenters. The number of aromatic nitrogens is 3. The van der Waals surface area contributed by atoms with Gasteiger partial charge in [-0.1, -0.05) is 6.07 Å². The molecule has 3 heterocycles. The average Bonchev–Trinajstić information content (AvgIpc) is 3.27. The summed E-state index contributed by atoms with van der Waals surface area (Å²) in [5.41, 5.74) is 1.10. The van der Waals surface area contributed by atoms with E-state index in [1.807, 2.05) is 6.92 Å². The number of nitrogens with zero attached hydrogens (tertiary/aromatic N) is 5. The molecule has 1 aliphatic rings. The number of morpholine rings is 1. The first-order valence-electron chi connectivity index (χ1n) is 11.1. The Kier molecular flexibility index (Phi) is 7.27. The summed E-state index contributed by atoms with van der Waals surface area (Å²) in [5, 5.41) is 2.75. The zero-order chi connectivity index (χ0) is 25.0. The van der Waals surface area contributed by atoms with Crippen molar-refractivity contribution in [2.75, 3.05) is 32.8 Å². The second-order valence-electron chi connectivity index (χ2n) is 8.07. The third-order valence-electron chi connectivity index (χ3n) is 5.46. The van der Waals surface area contributed by atoms with Crippen LogP contribution in [-0.2, 0) is 10.9 Å². The molecule has 1 aliphatic heterocycles. The van der Waals surface area contributed by atoms with Crippen molar-refractivity contribution in [3.05, 3.63) is 65.9 Å². The van der Waals surface area contributed by atoms with Crippen LogP contribution in [0.1, 0.15) is 29.9 Å². The van der Waals surface area contributed by atoms with Crippen molar-refractivity contribution in [2.24, 2.45) is 4.99 Å². The number of nitrogens with one attached hydrogen (secondary N) is 1. The predicted octanol–water partition coefficient (Wildman–Crippen LogP) is 3.82. The number of amides is 1. The number of rotatable bonds is 6. The number of carbonyl (C=O) groups is 1. The third-order valence-corrected chi connectivity index (χ3v) is 5.46. The first-order chi connectivity index (χ1) is 16.7. The number of carbonyl (C=O) groups excluding carboxylic acids is 1. The molecule has 35 heavy (non-hydrogen) atoms. The van der Waals surface area contributed by atoms with Gasteiger partial charge in [-0.3, -0.25) is 14.3 Å². The second kappa shape index (κ2) is 10.4. The number of fused-ring (bicyclic) bond motifs is 1. The van der Waals surface area contributed by atoms with Gasteiger partial charge in [0.2, 0.25) is 0 Å². The van der Waals surface area contributed by atoms with Gasteiger partial charge >= 0.3 is 6.18 Å². The maximum atomic E-state index is 13.2. The highest BCUT2D eigenvalue weighted by atomic mass is 19.4. The van der Waals surface area contributed by atoms with E-state index in [2.05, 4.69) is 25.2 Å². The van der Waals surface area contributed by atoms with Gasteiger partial charge < -0.3 is 10.1 Å². The predicted molar refractivity (Wildman–Crippen MR) is 125 cm³/mol. The SMILES string of the molecule is CC=C(N=C(C)CN1CCOCC1)NC(=O)c1ccc2ncn(-c3cccc(C(F)(F)F)c3)c2n1. The fourth-order valence-electron chi connectivity index (χ4n) is 3.71. The first kappa shape index (κ1) is 24.6. The average molecular weight is 486 g/mol.